The number of rotatable bonds is 7. The molecule has 2 aromatic carbocycles. The summed E-state index contributed by atoms with van der Waals surface area (Å²) in [7, 11) is 0. The molecule has 4 N–H and O–H groups in total. The molecule has 0 unspecified atom stereocenters. The van der Waals surface area contributed by atoms with E-state index in [1.54, 1.807) is 18.2 Å². The topological polar surface area (TPSA) is 120 Å². The number of primary amides is 1. The first-order chi connectivity index (χ1) is 14.9. The maximum absolute atomic E-state index is 13.0. The van der Waals surface area contributed by atoms with E-state index in [2.05, 4.69) is 10.6 Å². The van der Waals surface area contributed by atoms with Gasteiger partial charge in [-0.1, -0.05) is 29.8 Å². The molecule has 0 spiro atoms. The summed E-state index contributed by atoms with van der Waals surface area (Å²) in [5.74, 6) is -0.771. The Morgan fingerprint density at radius 3 is 2.39 bits per heavy atom. The molecule has 1 saturated heterocycles. The lowest BCUT2D eigenvalue weighted by molar-refractivity contribution is -0.140. The highest BCUT2D eigenvalue weighted by molar-refractivity contribution is 6.31. The largest absolute Gasteiger partial charge is 0.448 e. The quantitative estimate of drug-likeness (QED) is 0.604. The number of anilines is 1. The minimum absolute atomic E-state index is 0.0874. The minimum atomic E-state index is -0.882. The van der Waals surface area contributed by atoms with Crippen molar-refractivity contribution < 1.29 is 23.9 Å². The van der Waals surface area contributed by atoms with Gasteiger partial charge in [-0.15, -0.1) is 0 Å². The molecule has 3 amide bonds. The number of hydrogen-bond donors (Lipinski definition) is 3. The van der Waals surface area contributed by atoms with Crippen LogP contribution in [-0.4, -0.2) is 37.7 Å². The van der Waals surface area contributed by atoms with E-state index in [9.17, 15) is 14.4 Å². The van der Waals surface area contributed by atoms with Gasteiger partial charge in [-0.2, -0.15) is 0 Å². The van der Waals surface area contributed by atoms with Gasteiger partial charge in [-0.05, 0) is 48.7 Å². The van der Waals surface area contributed by atoms with Crippen LogP contribution in [0.2, 0.25) is 5.02 Å². The van der Waals surface area contributed by atoms with Crippen LogP contribution in [0.5, 0.6) is 0 Å². The molecule has 31 heavy (non-hydrogen) atoms. The number of halogens is 1. The molecule has 164 valence electrons. The van der Waals surface area contributed by atoms with Gasteiger partial charge >= 0.3 is 6.09 Å². The molecule has 1 heterocycles. The maximum Gasteiger partial charge on any atom is 0.411 e. The summed E-state index contributed by atoms with van der Waals surface area (Å²) in [5, 5.41) is 6.05. The number of hydrogen-bond acceptors (Lipinski definition) is 5. The van der Waals surface area contributed by atoms with Crippen molar-refractivity contribution in [2.24, 2.45) is 11.1 Å². The van der Waals surface area contributed by atoms with E-state index >= 15 is 0 Å². The normalized spacial score (nSPS) is 15.0. The number of amides is 3. The first-order valence-electron chi connectivity index (χ1n) is 9.83. The number of ether oxygens (including phenoxy) is 2. The van der Waals surface area contributed by atoms with Crippen LogP contribution in [0.3, 0.4) is 0 Å². The number of carbonyl (C=O) groups excluding carboxylic acids is 3. The van der Waals surface area contributed by atoms with Crippen LogP contribution in [0.1, 0.15) is 28.8 Å². The van der Waals surface area contributed by atoms with Crippen LogP contribution in [0.15, 0.2) is 48.5 Å². The van der Waals surface area contributed by atoms with Gasteiger partial charge in [0.05, 0.1) is 5.41 Å². The predicted molar refractivity (Wildman–Crippen MR) is 116 cm³/mol. The number of benzene rings is 2. The SMILES string of the molecule is NC(=O)c1ccc(NC(=O)OCC2(C(=O)NCc3ccccc3Cl)CCOCC2)cc1. The fourth-order valence-corrected chi connectivity index (χ4v) is 3.48. The Hall–Kier alpha value is -3.10. The van der Waals surface area contributed by atoms with E-state index in [-0.39, 0.29) is 19.1 Å². The van der Waals surface area contributed by atoms with Gasteiger partial charge in [0.1, 0.15) is 6.61 Å². The van der Waals surface area contributed by atoms with Crippen LogP contribution < -0.4 is 16.4 Å². The molecule has 2 aromatic rings. The van der Waals surface area contributed by atoms with Gasteiger partial charge in [-0.25, -0.2) is 4.79 Å². The summed E-state index contributed by atoms with van der Waals surface area (Å²) in [6.45, 7) is 0.994. The molecule has 1 aliphatic rings. The third-order valence-corrected chi connectivity index (χ3v) is 5.59. The fourth-order valence-electron chi connectivity index (χ4n) is 3.28. The second-order valence-corrected chi connectivity index (χ2v) is 7.72. The van der Waals surface area contributed by atoms with E-state index in [4.69, 9.17) is 26.8 Å². The molecule has 0 saturated carbocycles. The summed E-state index contributed by atoms with van der Waals surface area (Å²) < 4.78 is 10.8. The molecule has 0 aromatic heterocycles. The van der Waals surface area contributed by atoms with Crippen molar-refractivity contribution in [2.75, 3.05) is 25.1 Å². The Bertz CT molecular complexity index is 942. The van der Waals surface area contributed by atoms with Crippen molar-refractivity contribution in [3.05, 3.63) is 64.7 Å². The third-order valence-electron chi connectivity index (χ3n) is 5.22. The third kappa shape index (κ3) is 5.96. The second kappa shape index (κ2) is 10.3. The minimum Gasteiger partial charge on any atom is -0.448 e. The van der Waals surface area contributed by atoms with Gasteiger partial charge in [0.2, 0.25) is 11.8 Å². The lowest BCUT2D eigenvalue weighted by Crippen LogP contribution is -2.48. The van der Waals surface area contributed by atoms with E-state index in [1.165, 1.54) is 12.1 Å². The van der Waals surface area contributed by atoms with Crippen LogP contribution in [0.25, 0.3) is 0 Å². The Labute approximate surface area is 185 Å². The van der Waals surface area contributed by atoms with Crippen LogP contribution in [-0.2, 0) is 20.8 Å². The number of nitrogens with one attached hydrogen (secondary N) is 2. The summed E-state index contributed by atoms with van der Waals surface area (Å²) in [5.41, 5.74) is 5.90. The van der Waals surface area contributed by atoms with Crippen LogP contribution in [0, 0.1) is 5.41 Å². The molecular formula is C22H24ClN3O5. The van der Waals surface area contributed by atoms with Crippen molar-refractivity contribution in [3.63, 3.8) is 0 Å². The molecule has 3 rings (SSSR count). The zero-order valence-corrected chi connectivity index (χ0v) is 17.6. The summed E-state index contributed by atoms with van der Waals surface area (Å²) in [6, 6.07) is 13.4. The fraction of sp³-hybridized carbons (Fsp3) is 0.318. The molecule has 0 atom stereocenters. The van der Waals surface area contributed by atoms with E-state index < -0.39 is 17.4 Å². The molecule has 1 fully saturated rings. The van der Waals surface area contributed by atoms with Gasteiger partial charge in [0, 0.05) is 36.0 Å². The van der Waals surface area contributed by atoms with E-state index in [1.807, 2.05) is 18.2 Å². The Morgan fingerprint density at radius 2 is 1.74 bits per heavy atom. The van der Waals surface area contributed by atoms with Crippen molar-refractivity contribution in [1.82, 2.24) is 5.32 Å². The lowest BCUT2D eigenvalue weighted by atomic mass is 9.80. The molecule has 0 aliphatic carbocycles. The van der Waals surface area contributed by atoms with Gasteiger partial charge in [-0.3, -0.25) is 14.9 Å². The van der Waals surface area contributed by atoms with E-state index in [0.717, 1.165) is 5.56 Å². The standard InChI is InChI=1S/C22H24ClN3O5/c23-18-4-2-1-3-16(18)13-25-20(28)22(9-11-30-12-10-22)14-31-21(29)26-17-7-5-15(6-8-17)19(24)27/h1-8H,9-14H2,(H2,24,27)(H,25,28)(H,26,29). The zero-order valence-electron chi connectivity index (χ0n) is 16.9. The zero-order chi connectivity index (χ0) is 22.3. The van der Waals surface area contributed by atoms with Crippen molar-refractivity contribution in [2.45, 2.75) is 19.4 Å². The first kappa shape index (κ1) is 22.6. The predicted octanol–water partition coefficient (Wildman–Crippen LogP) is 3.10. The Balaban J connectivity index is 1.59. The summed E-state index contributed by atoms with van der Waals surface area (Å²) in [6.07, 6.45) is 0.167. The molecule has 0 radical (unpaired) electrons. The van der Waals surface area contributed by atoms with E-state index in [0.29, 0.717) is 42.3 Å². The molecule has 0 bridgehead atoms. The number of carbonyl (C=O) groups is 3. The second-order valence-electron chi connectivity index (χ2n) is 7.31. The average Bonchev–Trinajstić information content (AvgIpc) is 2.78. The smallest absolute Gasteiger partial charge is 0.411 e. The van der Waals surface area contributed by atoms with Gasteiger partial charge < -0.3 is 20.5 Å². The van der Waals surface area contributed by atoms with Gasteiger partial charge in [0.15, 0.2) is 0 Å². The molecular weight excluding hydrogens is 422 g/mol. The lowest BCUT2D eigenvalue weighted by Gasteiger charge is -2.35. The maximum atomic E-state index is 13.0. The van der Waals surface area contributed by atoms with Crippen LogP contribution in [0.4, 0.5) is 10.5 Å². The molecule has 8 nitrogen and oxygen atoms in total. The van der Waals surface area contributed by atoms with Crippen molar-refractivity contribution in [1.29, 1.82) is 0 Å². The molecule has 1 aliphatic heterocycles. The molecule has 9 heteroatoms. The summed E-state index contributed by atoms with van der Waals surface area (Å²) >= 11 is 6.16. The highest BCUT2D eigenvalue weighted by atomic mass is 35.5. The highest BCUT2D eigenvalue weighted by Gasteiger charge is 2.41. The average molecular weight is 446 g/mol. The van der Waals surface area contributed by atoms with Crippen LogP contribution >= 0.6 is 11.6 Å². The Kier molecular flexibility index (Phi) is 7.49. The van der Waals surface area contributed by atoms with Crippen molar-refractivity contribution in [3.8, 4) is 0 Å². The first-order valence-corrected chi connectivity index (χ1v) is 10.2. The summed E-state index contributed by atoms with van der Waals surface area (Å²) in [4.78, 5) is 36.4. The highest BCUT2D eigenvalue weighted by Crippen LogP contribution is 2.32. The number of nitrogens with two attached hydrogens (primary N) is 1. The monoisotopic (exact) mass is 445 g/mol. The van der Waals surface area contributed by atoms with Gasteiger partial charge in [0.25, 0.3) is 0 Å². The Morgan fingerprint density at radius 1 is 1.06 bits per heavy atom. The van der Waals surface area contributed by atoms with Crippen molar-refractivity contribution >= 4 is 35.2 Å².